The minimum Gasteiger partial charge on any atom is -1.00 e. The first kappa shape index (κ1) is 21.0. The summed E-state index contributed by atoms with van der Waals surface area (Å²) in [5.41, 5.74) is 0. The molecule has 0 spiro atoms. The summed E-state index contributed by atoms with van der Waals surface area (Å²) >= 11 is 0. The molecule has 0 fully saturated rings. The molecule has 116 valence electrons. The Morgan fingerprint density at radius 3 is 1.50 bits per heavy atom. The minimum absolute atomic E-state index is 0. The van der Waals surface area contributed by atoms with Gasteiger partial charge in [-0.05, 0) is 12.2 Å². The van der Waals surface area contributed by atoms with Gasteiger partial charge in [-0.2, -0.15) is 0 Å². The average molecular weight is 306 g/mol. The fraction of sp³-hybridized carbons (Fsp3) is 0.571. The van der Waals surface area contributed by atoms with Gasteiger partial charge in [-0.25, -0.2) is 0 Å². The van der Waals surface area contributed by atoms with Crippen LogP contribution in [0.2, 0.25) is 0 Å². The highest BCUT2D eigenvalue weighted by atomic mass is 35.5. The molecule has 5 nitrogen and oxygen atoms in total. The lowest BCUT2D eigenvalue weighted by atomic mass is 10.2. The summed E-state index contributed by atoms with van der Waals surface area (Å²) in [7, 11) is 0. The standard InChI is InChI=1S/C14H23NO4.ClH/c1-3-9-15(10-4-2,11-5-7-13(16)17)12-6-8-14(18)19;/h3-4H,1-2,5-12H2,(H-,16,17,18,19);1H. The highest BCUT2D eigenvalue weighted by molar-refractivity contribution is 5.66. The van der Waals surface area contributed by atoms with Crippen LogP contribution in [0, 0.1) is 0 Å². The van der Waals surface area contributed by atoms with Gasteiger partial charge < -0.3 is 27.1 Å². The third-order valence-corrected chi connectivity index (χ3v) is 3.08. The molecule has 0 unspecified atom stereocenters. The van der Waals surface area contributed by atoms with Crippen LogP contribution in [0.4, 0.5) is 0 Å². The maximum Gasteiger partial charge on any atom is 0.303 e. The number of hydrogen-bond donors (Lipinski definition) is 2. The van der Waals surface area contributed by atoms with Gasteiger partial charge in [0.1, 0.15) is 0 Å². The summed E-state index contributed by atoms with van der Waals surface area (Å²) in [4.78, 5) is 21.2. The van der Waals surface area contributed by atoms with Crippen molar-refractivity contribution < 1.29 is 36.7 Å². The minimum atomic E-state index is -0.805. The molecule has 0 aromatic carbocycles. The van der Waals surface area contributed by atoms with Gasteiger partial charge in [0.05, 0.1) is 39.0 Å². The number of quaternary nitrogens is 1. The number of hydrogen-bond acceptors (Lipinski definition) is 2. The molecule has 0 aromatic rings. The Balaban J connectivity index is 0. The monoisotopic (exact) mass is 305 g/mol. The molecular formula is C14H24ClNO4. The van der Waals surface area contributed by atoms with Crippen molar-refractivity contribution in [2.45, 2.75) is 25.7 Å². The predicted molar refractivity (Wildman–Crippen MR) is 73.9 cm³/mol. The quantitative estimate of drug-likeness (QED) is 0.355. The molecule has 0 atom stereocenters. The summed E-state index contributed by atoms with van der Waals surface area (Å²) in [6, 6.07) is 0. The summed E-state index contributed by atoms with van der Waals surface area (Å²) in [6.07, 6.45) is 5.00. The van der Waals surface area contributed by atoms with E-state index in [-0.39, 0.29) is 25.2 Å². The summed E-state index contributed by atoms with van der Waals surface area (Å²) in [6.45, 7) is 10.3. The van der Waals surface area contributed by atoms with E-state index in [1.807, 2.05) is 0 Å². The van der Waals surface area contributed by atoms with Crippen LogP contribution in [0.3, 0.4) is 0 Å². The molecule has 2 N–H and O–H groups in total. The Morgan fingerprint density at radius 1 is 0.900 bits per heavy atom. The zero-order valence-corrected chi connectivity index (χ0v) is 12.5. The summed E-state index contributed by atoms with van der Waals surface area (Å²) in [5, 5.41) is 17.4. The number of carboxylic acid groups (broad SMARTS) is 2. The van der Waals surface area contributed by atoms with E-state index in [1.165, 1.54) is 0 Å². The highest BCUT2D eigenvalue weighted by Crippen LogP contribution is 2.13. The Kier molecular flexibility index (Phi) is 12.1. The lowest BCUT2D eigenvalue weighted by Crippen LogP contribution is -3.00. The molecule has 0 bridgehead atoms. The lowest BCUT2D eigenvalue weighted by molar-refractivity contribution is -0.917. The molecule has 0 saturated heterocycles. The summed E-state index contributed by atoms with van der Waals surface area (Å²) < 4.78 is 0.632. The van der Waals surface area contributed by atoms with Crippen LogP contribution in [0.25, 0.3) is 0 Å². The normalized spacial score (nSPS) is 10.4. The lowest BCUT2D eigenvalue weighted by Gasteiger charge is -2.37. The molecule has 0 saturated carbocycles. The number of rotatable bonds is 12. The van der Waals surface area contributed by atoms with Crippen LogP contribution in [0.1, 0.15) is 25.7 Å². The molecule has 0 aliphatic rings. The molecule has 0 aliphatic carbocycles. The van der Waals surface area contributed by atoms with Crippen molar-refractivity contribution in [3.63, 3.8) is 0 Å². The molecule has 0 amide bonds. The zero-order chi connectivity index (χ0) is 14.7. The van der Waals surface area contributed by atoms with Crippen molar-refractivity contribution in [2.24, 2.45) is 0 Å². The van der Waals surface area contributed by atoms with Crippen molar-refractivity contribution in [1.29, 1.82) is 0 Å². The van der Waals surface area contributed by atoms with Crippen molar-refractivity contribution in [3.05, 3.63) is 25.3 Å². The van der Waals surface area contributed by atoms with Crippen molar-refractivity contribution in [1.82, 2.24) is 0 Å². The van der Waals surface area contributed by atoms with Gasteiger partial charge in [-0.15, -0.1) is 0 Å². The Morgan fingerprint density at radius 2 is 1.25 bits per heavy atom. The smallest absolute Gasteiger partial charge is 0.303 e. The van der Waals surface area contributed by atoms with E-state index in [0.29, 0.717) is 43.5 Å². The Labute approximate surface area is 126 Å². The largest absolute Gasteiger partial charge is 1.00 e. The number of carbonyl (C=O) groups is 2. The predicted octanol–water partition coefficient (Wildman–Crippen LogP) is -1.09. The van der Waals surface area contributed by atoms with E-state index < -0.39 is 11.9 Å². The third kappa shape index (κ3) is 9.58. The molecular weight excluding hydrogens is 282 g/mol. The van der Waals surface area contributed by atoms with E-state index in [4.69, 9.17) is 10.2 Å². The zero-order valence-electron chi connectivity index (χ0n) is 11.8. The van der Waals surface area contributed by atoms with E-state index in [1.54, 1.807) is 12.2 Å². The van der Waals surface area contributed by atoms with Gasteiger partial charge in [0.2, 0.25) is 0 Å². The van der Waals surface area contributed by atoms with Gasteiger partial charge in [-0.3, -0.25) is 9.59 Å². The van der Waals surface area contributed by atoms with Crippen molar-refractivity contribution in [2.75, 3.05) is 26.2 Å². The highest BCUT2D eigenvalue weighted by Gasteiger charge is 2.24. The summed E-state index contributed by atoms with van der Waals surface area (Å²) in [5.74, 6) is -1.61. The van der Waals surface area contributed by atoms with E-state index in [2.05, 4.69) is 13.2 Å². The van der Waals surface area contributed by atoms with Crippen LogP contribution in [-0.2, 0) is 9.59 Å². The van der Waals surface area contributed by atoms with Crippen LogP contribution in [-0.4, -0.2) is 52.8 Å². The molecule has 0 aromatic heterocycles. The fourth-order valence-corrected chi connectivity index (χ4v) is 2.23. The fourth-order valence-electron chi connectivity index (χ4n) is 2.23. The number of halogens is 1. The molecule has 20 heavy (non-hydrogen) atoms. The van der Waals surface area contributed by atoms with Crippen LogP contribution in [0.15, 0.2) is 25.3 Å². The third-order valence-electron chi connectivity index (χ3n) is 3.08. The van der Waals surface area contributed by atoms with Crippen LogP contribution >= 0.6 is 0 Å². The van der Waals surface area contributed by atoms with Crippen LogP contribution in [0.5, 0.6) is 0 Å². The first-order valence-corrected chi connectivity index (χ1v) is 6.46. The Bertz CT molecular complexity index is 299. The number of nitrogens with zero attached hydrogens (tertiary/aromatic N) is 1. The molecule has 0 rings (SSSR count). The maximum atomic E-state index is 10.6. The first-order chi connectivity index (χ1) is 8.95. The van der Waals surface area contributed by atoms with Gasteiger partial charge >= 0.3 is 11.9 Å². The second-order valence-corrected chi connectivity index (χ2v) is 4.73. The van der Waals surface area contributed by atoms with Crippen molar-refractivity contribution >= 4 is 11.9 Å². The molecule has 0 heterocycles. The van der Waals surface area contributed by atoms with Crippen LogP contribution < -0.4 is 12.4 Å². The first-order valence-electron chi connectivity index (χ1n) is 6.46. The van der Waals surface area contributed by atoms with Gasteiger partial charge in [0.25, 0.3) is 0 Å². The van der Waals surface area contributed by atoms with Gasteiger partial charge in [0, 0.05) is 12.8 Å². The van der Waals surface area contributed by atoms with E-state index in [0.717, 1.165) is 0 Å². The van der Waals surface area contributed by atoms with E-state index in [9.17, 15) is 9.59 Å². The van der Waals surface area contributed by atoms with E-state index >= 15 is 0 Å². The maximum absolute atomic E-state index is 10.6. The number of carboxylic acids is 2. The second-order valence-electron chi connectivity index (χ2n) is 4.73. The molecule has 6 heteroatoms. The number of aliphatic carboxylic acids is 2. The molecule has 0 aliphatic heterocycles. The molecule has 0 radical (unpaired) electrons. The second kappa shape index (κ2) is 11.5. The van der Waals surface area contributed by atoms with Crippen molar-refractivity contribution in [3.8, 4) is 0 Å². The van der Waals surface area contributed by atoms with Gasteiger partial charge in [0.15, 0.2) is 0 Å². The topological polar surface area (TPSA) is 74.6 Å². The SMILES string of the molecule is C=CC[N+](CC=C)(CCCC(=O)O)CCCC(=O)O.[Cl-]. The van der Waals surface area contributed by atoms with Gasteiger partial charge in [-0.1, -0.05) is 13.2 Å². The average Bonchev–Trinajstić information content (AvgIpc) is 2.28. The Hall–Kier alpha value is -1.33.